The minimum Gasteiger partial charge on any atom is -0.481 e. The summed E-state index contributed by atoms with van der Waals surface area (Å²) in [5, 5.41) is 11.9. The van der Waals surface area contributed by atoms with E-state index in [0.717, 1.165) is 5.56 Å². The zero-order chi connectivity index (χ0) is 12.6. The summed E-state index contributed by atoms with van der Waals surface area (Å²) in [7, 11) is 0. The number of carbonyl (C=O) groups excluding carboxylic acids is 1. The monoisotopic (exact) mass is 253 g/mol. The first-order chi connectivity index (χ1) is 8.00. The van der Waals surface area contributed by atoms with Gasteiger partial charge in [-0.05, 0) is 25.0 Å². The van der Waals surface area contributed by atoms with Gasteiger partial charge in [0.1, 0.15) is 0 Å². The molecule has 5 heteroatoms. The summed E-state index contributed by atoms with van der Waals surface area (Å²) in [6.07, 6.45) is 0.407. The minimum atomic E-state index is -0.916. The van der Waals surface area contributed by atoms with E-state index in [0.29, 0.717) is 17.1 Å². The van der Waals surface area contributed by atoms with Crippen molar-refractivity contribution < 1.29 is 14.7 Å². The van der Waals surface area contributed by atoms with E-state index in [4.69, 9.17) is 16.7 Å². The molecule has 0 bridgehead atoms. The fourth-order valence-electron chi connectivity index (χ4n) is 1.76. The Morgan fingerprint density at radius 2 is 2.12 bits per heavy atom. The molecule has 1 aliphatic carbocycles. The Balaban J connectivity index is 2.07. The average molecular weight is 254 g/mol. The van der Waals surface area contributed by atoms with Crippen LogP contribution in [0.25, 0.3) is 0 Å². The number of halogens is 1. The molecule has 0 spiro atoms. The average Bonchev–Trinajstić information content (AvgIpc) is 3.03. The number of carboxylic acids is 1. The normalized spacial score (nSPS) is 22.0. The number of nitrogens with one attached hydrogen (secondary N) is 1. The molecule has 90 valence electrons. The maximum absolute atomic E-state index is 11.8. The quantitative estimate of drug-likeness (QED) is 0.869. The van der Waals surface area contributed by atoms with Gasteiger partial charge in [-0.1, -0.05) is 23.7 Å². The highest BCUT2D eigenvalue weighted by atomic mass is 35.5. The van der Waals surface area contributed by atoms with Crippen molar-refractivity contribution in [2.24, 2.45) is 11.8 Å². The fourth-order valence-corrected chi connectivity index (χ4v) is 2.03. The molecule has 2 rings (SSSR count). The fraction of sp³-hybridized carbons (Fsp3) is 0.333. The predicted octanol–water partition coefficient (Wildman–Crippen LogP) is 2.31. The first-order valence-corrected chi connectivity index (χ1v) is 5.67. The number of carbonyl (C=O) groups is 2. The van der Waals surface area contributed by atoms with Gasteiger partial charge >= 0.3 is 5.97 Å². The standard InChI is InChI=1S/C12H12ClNO3/c1-6-3-2-4-9(13)10(6)14-11(15)7-5-8(7)12(16)17/h2-4,7-8H,5H2,1H3,(H,14,15)(H,16,17). The number of rotatable bonds is 3. The molecule has 0 saturated heterocycles. The van der Waals surface area contributed by atoms with Crippen LogP contribution in [0.1, 0.15) is 12.0 Å². The Morgan fingerprint density at radius 1 is 1.41 bits per heavy atom. The Kier molecular flexibility index (Phi) is 3.07. The molecule has 17 heavy (non-hydrogen) atoms. The molecular weight excluding hydrogens is 242 g/mol. The lowest BCUT2D eigenvalue weighted by atomic mass is 10.2. The summed E-state index contributed by atoms with van der Waals surface area (Å²) in [5.74, 6) is -2.16. The van der Waals surface area contributed by atoms with Crippen molar-refractivity contribution in [1.29, 1.82) is 0 Å². The van der Waals surface area contributed by atoms with Crippen LogP contribution in [0.4, 0.5) is 5.69 Å². The third kappa shape index (κ3) is 2.42. The minimum absolute atomic E-state index is 0.270. The Bertz CT molecular complexity index is 466. The number of hydrogen-bond acceptors (Lipinski definition) is 2. The zero-order valence-electron chi connectivity index (χ0n) is 9.24. The Morgan fingerprint density at radius 3 is 2.65 bits per heavy atom. The lowest BCUT2D eigenvalue weighted by Gasteiger charge is -2.09. The van der Waals surface area contributed by atoms with Gasteiger partial charge in [-0.25, -0.2) is 0 Å². The number of carboxylic acid groups (broad SMARTS) is 1. The van der Waals surface area contributed by atoms with Gasteiger partial charge in [-0.2, -0.15) is 0 Å². The maximum Gasteiger partial charge on any atom is 0.307 e. The second kappa shape index (κ2) is 4.37. The molecule has 1 aromatic rings. The van der Waals surface area contributed by atoms with Crippen molar-refractivity contribution in [1.82, 2.24) is 0 Å². The van der Waals surface area contributed by atoms with E-state index < -0.39 is 17.8 Å². The molecule has 0 radical (unpaired) electrons. The number of hydrogen-bond donors (Lipinski definition) is 2. The highest BCUT2D eigenvalue weighted by Gasteiger charge is 2.48. The molecule has 0 aliphatic heterocycles. The van der Waals surface area contributed by atoms with Crippen LogP contribution in [0.3, 0.4) is 0 Å². The van der Waals surface area contributed by atoms with Gasteiger partial charge in [-0.15, -0.1) is 0 Å². The van der Waals surface area contributed by atoms with Crippen molar-refractivity contribution in [3.63, 3.8) is 0 Å². The number of aliphatic carboxylic acids is 1. The summed E-state index contributed by atoms with van der Waals surface area (Å²) in [4.78, 5) is 22.4. The largest absolute Gasteiger partial charge is 0.481 e. The lowest BCUT2D eigenvalue weighted by Crippen LogP contribution is -2.17. The third-order valence-electron chi connectivity index (χ3n) is 2.91. The number of anilines is 1. The molecule has 2 N–H and O–H groups in total. The maximum atomic E-state index is 11.8. The molecule has 0 aromatic heterocycles. The van der Waals surface area contributed by atoms with Gasteiger partial charge in [0.05, 0.1) is 22.5 Å². The smallest absolute Gasteiger partial charge is 0.307 e. The summed E-state index contributed by atoms with van der Waals surface area (Å²) in [6, 6.07) is 5.32. The van der Waals surface area contributed by atoms with Gasteiger partial charge in [0, 0.05) is 0 Å². The van der Waals surface area contributed by atoms with Crippen molar-refractivity contribution in [2.75, 3.05) is 5.32 Å². The highest BCUT2D eigenvalue weighted by molar-refractivity contribution is 6.34. The molecule has 1 saturated carbocycles. The summed E-state index contributed by atoms with van der Waals surface area (Å²) in [5.41, 5.74) is 1.42. The SMILES string of the molecule is Cc1cccc(Cl)c1NC(=O)C1CC1C(=O)O. The second-order valence-corrected chi connectivity index (χ2v) is 4.62. The van der Waals surface area contributed by atoms with E-state index in [1.54, 1.807) is 12.1 Å². The van der Waals surface area contributed by atoms with Crippen LogP contribution in [0.2, 0.25) is 5.02 Å². The van der Waals surface area contributed by atoms with Crippen molar-refractivity contribution >= 4 is 29.2 Å². The number of para-hydroxylation sites is 1. The van der Waals surface area contributed by atoms with Crippen LogP contribution in [0, 0.1) is 18.8 Å². The molecule has 4 nitrogen and oxygen atoms in total. The van der Waals surface area contributed by atoms with Crippen LogP contribution in [0.5, 0.6) is 0 Å². The molecule has 1 fully saturated rings. The molecule has 1 amide bonds. The van der Waals surface area contributed by atoms with Crippen LogP contribution in [0.15, 0.2) is 18.2 Å². The molecule has 2 atom stereocenters. The molecular formula is C12H12ClNO3. The first kappa shape index (κ1) is 11.9. The first-order valence-electron chi connectivity index (χ1n) is 5.29. The van der Waals surface area contributed by atoms with Crippen molar-refractivity contribution in [3.05, 3.63) is 28.8 Å². The molecule has 2 unspecified atom stereocenters. The van der Waals surface area contributed by atoms with Gasteiger partial charge in [0.15, 0.2) is 0 Å². The Labute approximate surface area is 104 Å². The topological polar surface area (TPSA) is 66.4 Å². The van der Waals surface area contributed by atoms with E-state index in [2.05, 4.69) is 5.32 Å². The van der Waals surface area contributed by atoms with Gasteiger partial charge in [0.2, 0.25) is 5.91 Å². The van der Waals surface area contributed by atoms with Gasteiger partial charge in [-0.3, -0.25) is 9.59 Å². The van der Waals surface area contributed by atoms with Crippen LogP contribution >= 0.6 is 11.6 Å². The number of benzene rings is 1. The van der Waals surface area contributed by atoms with E-state index in [1.165, 1.54) is 0 Å². The third-order valence-corrected chi connectivity index (χ3v) is 3.23. The van der Waals surface area contributed by atoms with Crippen LogP contribution in [-0.4, -0.2) is 17.0 Å². The molecule has 1 aromatic carbocycles. The van der Waals surface area contributed by atoms with Crippen molar-refractivity contribution in [3.8, 4) is 0 Å². The van der Waals surface area contributed by atoms with E-state index in [-0.39, 0.29) is 5.91 Å². The molecule has 0 heterocycles. The predicted molar refractivity (Wildman–Crippen MR) is 64.1 cm³/mol. The van der Waals surface area contributed by atoms with Gasteiger partial charge in [0.25, 0.3) is 0 Å². The zero-order valence-corrected chi connectivity index (χ0v) is 9.99. The highest BCUT2D eigenvalue weighted by Crippen LogP contribution is 2.40. The lowest BCUT2D eigenvalue weighted by molar-refractivity contribution is -0.139. The van der Waals surface area contributed by atoms with Gasteiger partial charge < -0.3 is 10.4 Å². The number of aryl methyl sites for hydroxylation is 1. The Hall–Kier alpha value is -1.55. The second-order valence-electron chi connectivity index (χ2n) is 4.21. The van der Waals surface area contributed by atoms with Crippen molar-refractivity contribution in [2.45, 2.75) is 13.3 Å². The summed E-state index contributed by atoms with van der Waals surface area (Å²) >= 11 is 5.97. The summed E-state index contributed by atoms with van der Waals surface area (Å²) < 4.78 is 0. The van der Waals surface area contributed by atoms with E-state index in [1.807, 2.05) is 13.0 Å². The number of amides is 1. The molecule has 1 aliphatic rings. The van der Waals surface area contributed by atoms with E-state index >= 15 is 0 Å². The summed E-state index contributed by atoms with van der Waals surface area (Å²) in [6.45, 7) is 1.84. The van der Waals surface area contributed by atoms with Crippen LogP contribution < -0.4 is 5.32 Å². The van der Waals surface area contributed by atoms with Crippen LogP contribution in [-0.2, 0) is 9.59 Å². The van der Waals surface area contributed by atoms with E-state index in [9.17, 15) is 9.59 Å².